The Morgan fingerprint density at radius 1 is 1.37 bits per heavy atom. The maximum atomic E-state index is 5.40. The van der Waals surface area contributed by atoms with Crippen LogP contribution in [-0.2, 0) is 6.54 Å². The van der Waals surface area contributed by atoms with Gasteiger partial charge >= 0.3 is 0 Å². The minimum Gasteiger partial charge on any atom is -0.494 e. The Labute approximate surface area is 113 Å². The second kappa shape index (κ2) is 5.05. The molecular weight excluding hydrogens is 238 g/mol. The molecule has 4 heteroatoms. The number of rotatable bonds is 5. The molecule has 0 atom stereocenters. The summed E-state index contributed by atoms with van der Waals surface area (Å²) in [6.07, 6.45) is 4.55. The first kappa shape index (κ1) is 12.2. The topological polar surface area (TPSA) is 39.1 Å². The third kappa shape index (κ3) is 2.49. The van der Waals surface area contributed by atoms with E-state index in [1.165, 1.54) is 18.4 Å². The molecule has 1 heterocycles. The standard InChI is InChI=1S/C15H19N3O/c1-11-12(9-16-13-7-8-13)10-17-18(11)14-5-3-4-6-15(14)19-2/h3-6,10,13,16H,7-9H2,1-2H3. The first-order valence-corrected chi connectivity index (χ1v) is 6.70. The molecule has 0 aliphatic heterocycles. The Bertz CT molecular complexity index is 573. The van der Waals surface area contributed by atoms with E-state index >= 15 is 0 Å². The molecular formula is C15H19N3O. The Morgan fingerprint density at radius 2 is 2.16 bits per heavy atom. The van der Waals surface area contributed by atoms with Crippen LogP contribution in [0.15, 0.2) is 30.5 Å². The van der Waals surface area contributed by atoms with E-state index in [-0.39, 0.29) is 0 Å². The van der Waals surface area contributed by atoms with Crippen molar-refractivity contribution in [2.24, 2.45) is 0 Å². The monoisotopic (exact) mass is 257 g/mol. The van der Waals surface area contributed by atoms with Gasteiger partial charge in [-0.3, -0.25) is 0 Å². The highest BCUT2D eigenvalue weighted by atomic mass is 16.5. The molecule has 2 aromatic rings. The minimum absolute atomic E-state index is 0.717. The summed E-state index contributed by atoms with van der Waals surface area (Å²) in [6, 6.07) is 8.67. The third-order valence-electron chi connectivity index (χ3n) is 3.58. The summed E-state index contributed by atoms with van der Waals surface area (Å²) in [6.45, 7) is 3.00. The van der Waals surface area contributed by atoms with E-state index in [0.717, 1.165) is 23.7 Å². The lowest BCUT2D eigenvalue weighted by molar-refractivity contribution is 0.411. The fourth-order valence-electron chi connectivity index (χ4n) is 2.21. The lowest BCUT2D eigenvalue weighted by atomic mass is 10.2. The molecule has 0 bridgehead atoms. The number of benzene rings is 1. The van der Waals surface area contributed by atoms with E-state index in [1.807, 2.05) is 35.1 Å². The molecule has 4 nitrogen and oxygen atoms in total. The minimum atomic E-state index is 0.717. The fourth-order valence-corrected chi connectivity index (χ4v) is 2.21. The van der Waals surface area contributed by atoms with E-state index in [0.29, 0.717) is 6.04 Å². The zero-order valence-corrected chi connectivity index (χ0v) is 11.4. The first-order chi connectivity index (χ1) is 9.29. The molecule has 0 spiro atoms. The van der Waals surface area contributed by atoms with Crippen molar-refractivity contribution in [3.8, 4) is 11.4 Å². The second-order valence-corrected chi connectivity index (χ2v) is 4.99. The van der Waals surface area contributed by atoms with Crippen molar-refractivity contribution in [1.82, 2.24) is 15.1 Å². The third-order valence-corrected chi connectivity index (χ3v) is 3.58. The van der Waals surface area contributed by atoms with Crippen LogP contribution in [0.2, 0.25) is 0 Å². The molecule has 100 valence electrons. The molecule has 1 aliphatic carbocycles. The van der Waals surface area contributed by atoms with Gasteiger partial charge in [0, 0.05) is 23.8 Å². The quantitative estimate of drug-likeness (QED) is 0.894. The highest BCUT2D eigenvalue weighted by molar-refractivity contribution is 5.47. The lowest BCUT2D eigenvalue weighted by Gasteiger charge is -2.10. The fraction of sp³-hybridized carbons (Fsp3) is 0.400. The summed E-state index contributed by atoms with van der Waals surface area (Å²) in [5.41, 5.74) is 3.40. The normalized spacial score (nSPS) is 14.6. The summed E-state index contributed by atoms with van der Waals surface area (Å²) in [5.74, 6) is 0.843. The molecule has 0 unspecified atom stereocenters. The van der Waals surface area contributed by atoms with Crippen LogP contribution in [0.5, 0.6) is 5.75 Å². The van der Waals surface area contributed by atoms with Crippen LogP contribution >= 0.6 is 0 Å². The molecule has 3 rings (SSSR count). The Balaban J connectivity index is 1.87. The molecule has 1 fully saturated rings. The van der Waals surface area contributed by atoms with Crippen LogP contribution < -0.4 is 10.1 Å². The van der Waals surface area contributed by atoms with E-state index < -0.39 is 0 Å². The van der Waals surface area contributed by atoms with Gasteiger partial charge in [0.15, 0.2) is 0 Å². The van der Waals surface area contributed by atoms with Crippen molar-refractivity contribution in [3.05, 3.63) is 41.7 Å². The summed E-state index contributed by atoms with van der Waals surface area (Å²) >= 11 is 0. The van der Waals surface area contributed by atoms with Crippen molar-refractivity contribution < 1.29 is 4.74 Å². The Hall–Kier alpha value is -1.81. The Kier molecular flexibility index (Phi) is 3.25. The van der Waals surface area contributed by atoms with Crippen LogP contribution in [-0.4, -0.2) is 22.9 Å². The first-order valence-electron chi connectivity index (χ1n) is 6.70. The van der Waals surface area contributed by atoms with Crippen LogP contribution in [0, 0.1) is 6.92 Å². The van der Waals surface area contributed by atoms with E-state index in [9.17, 15) is 0 Å². The SMILES string of the molecule is COc1ccccc1-n1ncc(CNC2CC2)c1C. The number of hydrogen-bond acceptors (Lipinski definition) is 3. The van der Waals surface area contributed by atoms with E-state index in [2.05, 4.69) is 17.3 Å². The molecule has 0 saturated heterocycles. The van der Waals surface area contributed by atoms with Gasteiger partial charge in [0.25, 0.3) is 0 Å². The van der Waals surface area contributed by atoms with Gasteiger partial charge in [-0.05, 0) is 31.9 Å². The van der Waals surface area contributed by atoms with Gasteiger partial charge in [-0.2, -0.15) is 5.10 Å². The number of ether oxygens (including phenoxy) is 1. The number of methoxy groups -OCH3 is 1. The molecule has 1 saturated carbocycles. The molecule has 1 aromatic carbocycles. The second-order valence-electron chi connectivity index (χ2n) is 4.99. The molecule has 1 N–H and O–H groups in total. The summed E-state index contributed by atoms with van der Waals surface area (Å²) < 4.78 is 7.34. The molecule has 0 amide bonds. The van der Waals surface area contributed by atoms with Gasteiger partial charge < -0.3 is 10.1 Å². The number of hydrogen-bond donors (Lipinski definition) is 1. The molecule has 1 aromatic heterocycles. The van der Waals surface area contributed by atoms with E-state index in [1.54, 1.807) is 7.11 Å². The zero-order valence-electron chi connectivity index (χ0n) is 11.4. The van der Waals surface area contributed by atoms with Gasteiger partial charge in [-0.15, -0.1) is 0 Å². The largest absolute Gasteiger partial charge is 0.494 e. The molecule has 19 heavy (non-hydrogen) atoms. The number of aromatic nitrogens is 2. The average Bonchev–Trinajstić information content (AvgIpc) is 3.20. The maximum Gasteiger partial charge on any atom is 0.144 e. The average molecular weight is 257 g/mol. The van der Waals surface area contributed by atoms with Crippen molar-refractivity contribution in [1.29, 1.82) is 0 Å². The van der Waals surface area contributed by atoms with Gasteiger partial charge in [0.05, 0.1) is 13.3 Å². The van der Waals surface area contributed by atoms with Crippen LogP contribution in [0.25, 0.3) is 5.69 Å². The summed E-state index contributed by atoms with van der Waals surface area (Å²) in [7, 11) is 1.69. The zero-order chi connectivity index (χ0) is 13.2. The summed E-state index contributed by atoms with van der Waals surface area (Å²) in [4.78, 5) is 0. The van der Waals surface area contributed by atoms with Crippen molar-refractivity contribution in [2.45, 2.75) is 32.4 Å². The lowest BCUT2D eigenvalue weighted by Crippen LogP contribution is -2.15. The smallest absolute Gasteiger partial charge is 0.144 e. The van der Waals surface area contributed by atoms with Crippen LogP contribution in [0.1, 0.15) is 24.1 Å². The number of para-hydroxylation sites is 2. The predicted octanol–water partition coefficient (Wildman–Crippen LogP) is 2.44. The van der Waals surface area contributed by atoms with Crippen molar-refractivity contribution in [3.63, 3.8) is 0 Å². The number of nitrogens with one attached hydrogen (secondary N) is 1. The maximum absolute atomic E-state index is 5.40. The van der Waals surface area contributed by atoms with E-state index in [4.69, 9.17) is 4.74 Å². The van der Waals surface area contributed by atoms with Gasteiger partial charge in [-0.1, -0.05) is 12.1 Å². The summed E-state index contributed by atoms with van der Waals surface area (Å²) in [5, 5.41) is 8.01. The van der Waals surface area contributed by atoms with Gasteiger partial charge in [-0.25, -0.2) is 4.68 Å². The Morgan fingerprint density at radius 3 is 2.89 bits per heavy atom. The van der Waals surface area contributed by atoms with Crippen LogP contribution in [0.3, 0.4) is 0 Å². The molecule has 1 aliphatic rings. The van der Waals surface area contributed by atoms with Crippen molar-refractivity contribution in [2.75, 3.05) is 7.11 Å². The van der Waals surface area contributed by atoms with Crippen LogP contribution in [0.4, 0.5) is 0 Å². The highest BCUT2D eigenvalue weighted by Gasteiger charge is 2.21. The molecule has 0 radical (unpaired) electrons. The van der Waals surface area contributed by atoms with Gasteiger partial charge in [0.1, 0.15) is 11.4 Å². The van der Waals surface area contributed by atoms with Gasteiger partial charge in [0.2, 0.25) is 0 Å². The van der Waals surface area contributed by atoms with Crippen molar-refractivity contribution >= 4 is 0 Å². The number of nitrogens with zero attached hydrogens (tertiary/aromatic N) is 2. The highest BCUT2D eigenvalue weighted by Crippen LogP contribution is 2.24. The predicted molar refractivity (Wildman–Crippen MR) is 74.7 cm³/mol.